The van der Waals surface area contributed by atoms with Gasteiger partial charge in [0.1, 0.15) is 0 Å². The molecule has 0 saturated heterocycles. The average Bonchev–Trinajstić information content (AvgIpc) is 2.36. The molecule has 5 nitrogen and oxygen atoms in total. The lowest BCUT2D eigenvalue weighted by atomic mass is 10.3. The van der Waals surface area contributed by atoms with E-state index >= 15 is 0 Å². The van der Waals surface area contributed by atoms with Crippen LogP contribution in [0.15, 0.2) is 18.5 Å². The second-order valence-electron chi connectivity index (χ2n) is 4.57. The highest BCUT2D eigenvalue weighted by molar-refractivity contribution is 7.92. The first-order valence-corrected chi connectivity index (χ1v) is 8.32. The smallest absolute Gasteiger partial charge is 0.232 e. The lowest BCUT2D eigenvalue weighted by Gasteiger charge is -2.09. The first kappa shape index (κ1) is 15.9. The van der Waals surface area contributed by atoms with Crippen molar-refractivity contribution < 1.29 is 8.42 Å². The molecule has 2 N–H and O–H groups in total. The lowest BCUT2D eigenvalue weighted by molar-refractivity contribution is 0.590. The van der Waals surface area contributed by atoms with Crippen LogP contribution in [-0.2, 0) is 10.0 Å². The number of sulfonamides is 1. The van der Waals surface area contributed by atoms with Crippen LogP contribution in [0.25, 0.3) is 0 Å². The van der Waals surface area contributed by atoms with E-state index in [1.54, 1.807) is 12.3 Å². The minimum Gasteiger partial charge on any atom is -0.317 e. The van der Waals surface area contributed by atoms with E-state index in [2.05, 4.69) is 21.9 Å². The molecular weight excluding hydrogens is 262 g/mol. The Morgan fingerprint density at radius 2 is 2.05 bits per heavy atom. The Kier molecular flexibility index (Phi) is 6.80. The third-order valence-electron chi connectivity index (χ3n) is 2.75. The zero-order valence-corrected chi connectivity index (χ0v) is 12.5. The molecule has 0 unspecified atom stereocenters. The van der Waals surface area contributed by atoms with Gasteiger partial charge in [0.2, 0.25) is 10.0 Å². The molecule has 0 spiro atoms. The number of nitrogens with zero attached hydrogens (tertiary/aromatic N) is 1. The molecule has 0 radical (unpaired) electrons. The summed E-state index contributed by atoms with van der Waals surface area (Å²) in [5.41, 5.74) is 1.44. The van der Waals surface area contributed by atoms with E-state index in [1.165, 1.54) is 6.20 Å². The maximum absolute atomic E-state index is 11.9. The number of pyridine rings is 1. The van der Waals surface area contributed by atoms with Gasteiger partial charge in [-0.3, -0.25) is 9.71 Å². The number of nitrogens with one attached hydrogen (secondary N) is 2. The summed E-state index contributed by atoms with van der Waals surface area (Å²) in [6.07, 6.45) is 5.81. The Bertz CT molecular complexity index is 475. The van der Waals surface area contributed by atoms with E-state index in [1.807, 2.05) is 6.92 Å². The molecular formula is C13H23N3O2S. The zero-order valence-electron chi connectivity index (χ0n) is 11.6. The van der Waals surface area contributed by atoms with Crippen LogP contribution < -0.4 is 10.0 Å². The Morgan fingerprint density at radius 3 is 2.74 bits per heavy atom. The third-order valence-corrected chi connectivity index (χ3v) is 4.10. The lowest BCUT2D eigenvalue weighted by Crippen LogP contribution is -2.20. The number of rotatable bonds is 9. The van der Waals surface area contributed by atoms with Gasteiger partial charge in [-0.15, -0.1) is 0 Å². The summed E-state index contributed by atoms with van der Waals surface area (Å²) >= 11 is 0. The SMILES string of the molecule is CCCNCCCCS(=O)(=O)Nc1cnccc1C. The van der Waals surface area contributed by atoms with Gasteiger partial charge >= 0.3 is 0 Å². The molecule has 1 heterocycles. The third kappa shape index (κ3) is 6.54. The van der Waals surface area contributed by atoms with E-state index in [-0.39, 0.29) is 5.75 Å². The van der Waals surface area contributed by atoms with Crippen LogP contribution in [0.2, 0.25) is 0 Å². The maximum Gasteiger partial charge on any atom is 0.232 e. The maximum atomic E-state index is 11.9. The van der Waals surface area contributed by atoms with Gasteiger partial charge in [0.05, 0.1) is 17.6 Å². The average molecular weight is 285 g/mol. The van der Waals surface area contributed by atoms with Crippen LogP contribution in [0.3, 0.4) is 0 Å². The molecule has 0 aromatic carbocycles. The predicted molar refractivity (Wildman–Crippen MR) is 78.8 cm³/mol. The Balaban J connectivity index is 2.34. The Hall–Kier alpha value is -1.14. The quantitative estimate of drug-likeness (QED) is 0.680. The second-order valence-corrected chi connectivity index (χ2v) is 6.41. The Labute approximate surface area is 115 Å². The summed E-state index contributed by atoms with van der Waals surface area (Å²) in [6.45, 7) is 5.82. The summed E-state index contributed by atoms with van der Waals surface area (Å²) in [6, 6.07) is 1.78. The minimum absolute atomic E-state index is 0.148. The topological polar surface area (TPSA) is 71.1 Å². The molecule has 19 heavy (non-hydrogen) atoms. The summed E-state index contributed by atoms with van der Waals surface area (Å²) in [5.74, 6) is 0.148. The van der Waals surface area contributed by atoms with Crippen molar-refractivity contribution in [1.29, 1.82) is 0 Å². The normalized spacial score (nSPS) is 11.5. The van der Waals surface area contributed by atoms with Crippen LogP contribution in [0, 0.1) is 6.92 Å². The van der Waals surface area contributed by atoms with E-state index in [4.69, 9.17) is 0 Å². The molecule has 0 aliphatic heterocycles. The number of hydrogen-bond acceptors (Lipinski definition) is 4. The number of anilines is 1. The molecule has 0 amide bonds. The van der Waals surface area contributed by atoms with E-state index < -0.39 is 10.0 Å². The van der Waals surface area contributed by atoms with Crippen molar-refractivity contribution >= 4 is 15.7 Å². The largest absolute Gasteiger partial charge is 0.317 e. The van der Waals surface area contributed by atoms with Crippen molar-refractivity contribution in [1.82, 2.24) is 10.3 Å². The number of aromatic nitrogens is 1. The van der Waals surface area contributed by atoms with Gasteiger partial charge in [-0.25, -0.2) is 8.42 Å². The van der Waals surface area contributed by atoms with Crippen molar-refractivity contribution in [2.45, 2.75) is 33.1 Å². The van der Waals surface area contributed by atoms with E-state index in [0.29, 0.717) is 12.1 Å². The van der Waals surface area contributed by atoms with Crippen LogP contribution in [0.5, 0.6) is 0 Å². The van der Waals surface area contributed by atoms with Crippen molar-refractivity contribution in [2.75, 3.05) is 23.6 Å². The second kappa shape index (κ2) is 8.12. The summed E-state index contributed by atoms with van der Waals surface area (Å²) in [5, 5.41) is 3.25. The zero-order chi connectivity index (χ0) is 14.1. The summed E-state index contributed by atoms with van der Waals surface area (Å²) < 4.78 is 26.3. The predicted octanol–water partition coefficient (Wildman–Crippen LogP) is 1.91. The number of hydrogen-bond donors (Lipinski definition) is 2. The van der Waals surface area contributed by atoms with Gasteiger partial charge in [-0.2, -0.15) is 0 Å². The highest BCUT2D eigenvalue weighted by atomic mass is 32.2. The number of unbranched alkanes of at least 4 members (excludes halogenated alkanes) is 1. The Morgan fingerprint density at radius 1 is 1.26 bits per heavy atom. The highest BCUT2D eigenvalue weighted by Gasteiger charge is 2.11. The fourth-order valence-electron chi connectivity index (χ4n) is 1.63. The van der Waals surface area contributed by atoms with E-state index in [9.17, 15) is 8.42 Å². The molecule has 108 valence electrons. The fourth-order valence-corrected chi connectivity index (χ4v) is 2.87. The van der Waals surface area contributed by atoms with Crippen LogP contribution >= 0.6 is 0 Å². The van der Waals surface area contributed by atoms with Crippen molar-refractivity contribution in [3.05, 3.63) is 24.0 Å². The fraction of sp³-hybridized carbons (Fsp3) is 0.615. The van der Waals surface area contributed by atoms with Crippen LogP contribution in [0.4, 0.5) is 5.69 Å². The van der Waals surface area contributed by atoms with Crippen molar-refractivity contribution in [3.63, 3.8) is 0 Å². The molecule has 1 rings (SSSR count). The first-order chi connectivity index (χ1) is 9.05. The number of aryl methyl sites for hydroxylation is 1. The summed E-state index contributed by atoms with van der Waals surface area (Å²) in [4.78, 5) is 3.92. The van der Waals surface area contributed by atoms with Crippen molar-refractivity contribution in [3.8, 4) is 0 Å². The van der Waals surface area contributed by atoms with Gasteiger partial charge in [-0.05, 0) is 50.9 Å². The standard InChI is InChI=1S/C13H23N3O2S/c1-3-7-14-8-4-5-10-19(17,18)16-13-11-15-9-6-12(13)2/h6,9,11,14,16H,3-5,7-8,10H2,1-2H3. The first-order valence-electron chi connectivity index (χ1n) is 6.67. The van der Waals surface area contributed by atoms with Crippen LogP contribution in [-0.4, -0.2) is 32.2 Å². The van der Waals surface area contributed by atoms with Crippen molar-refractivity contribution in [2.24, 2.45) is 0 Å². The molecule has 1 aromatic rings. The van der Waals surface area contributed by atoms with Gasteiger partial charge in [0.15, 0.2) is 0 Å². The molecule has 0 saturated carbocycles. The molecule has 1 aromatic heterocycles. The van der Waals surface area contributed by atoms with Gasteiger partial charge in [0, 0.05) is 6.20 Å². The van der Waals surface area contributed by atoms with Gasteiger partial charge in [0.25, 0.3) is 0 Å². The van der Waals surface area contributed by atoms with Crippen LogP contribution in [0.1, 0.15) is 31.7 Å². The molecule has 0 fully saturated rings. The van der Waals surface area contributed by atoms with E-state index in [0.717, 1.165) is 31.5 Å². The summed E-state index contributed by atoms with van der Waals surface area (Å²) in [7, 11) is -3.27. The van der Waals surface area contributed by atoms with Gasteiger partial charge < -0.3 is 5.32 Å². The molecule has 6 heteroatoms. The minimum atomic E-state index is -3.27. The monoisotopic (exact) mass is 285 g/mol. The molecule has 0 aliphatic rings. The van der Waals surface area contributed by atoms with Gasteiger partial charge in [-0.1, -0.05) is 6.92 Å². The molecule has 0 bridgehead atoms. The molecule has 0 aliphatic carbocycles. The molecule has 0 atom stereocenters. The highest BCUT2D eigenvalue weighted by Crippen LogP contribution is 2.13.